The molecule has 0 N–H and O–H groups in total. The van der Waals surface area contributed by atoms with Crippen LogP contribution in [-0.4, -0.2) is 9.13 Å². The van der Waals surface area contributed by atoms with Crippen molar-refractivity contribution in [3.63, 3.8) is 0 Å². The molecule has 4 aromatic carbocycles. The van der Waals surface area contributed by atoms with Gasteiger partial charge in [0.25, 0.3) is 0 Å². The number of unbranched alkanes of at least 4 members (excludes halogenated alkanes) is 2. The molecule has 0 bridgehead atoms. The van der Waals surface area contributed by atoms with E-state index in [-0.39, 0.29) is 0 Å². The van der Waals surface area contributed by atoms with Crippen LogP contribution in [0.1, 0.15) is 26.2 Å². The first-order valence-electron chi connectivity index (χ1n) is 11.4. The summed E-state index contributed by atoms with van der Waals surface area (Å²) < 4.78 is 4.99. The van der Waals surface area contributed by atoms with Crippen molar-refractivity contribution in [1.82, 2.24) is 9.13 Å². The van der Waals surface area contributed by atoms with Gasteiger partial charge < -0.3 is 9.13 Å². The van der Waals surface area contributed by atoms with Gasteiger partial charge in [-0.1, -0.05) is 80.4 Å². The van der Waals surface area contributed by atoms with Crippen molar-refractivity contribution in [3.05, 3.63) is 91.0 Å². The van der Waals surface area contributed by atoms with Crippen molar-refractivity contribution >= 4 is 43.6 Å². The number of nitrogens with zero attached hydrogens (tertiary/aromatic N) is 2. The van der Waals surface area contributed by atoms with Gasteiger partial charge in [-0.15, -0.1) is 0 Å². The van der Waals surface area contributed by atoms with E-state index in [2.05, 4.69) is 107 Å². The summed E-state index contributed by atoms with van der Waals surface area (Å²) in [6, 6.07) is 33.1. The van der Waals surface area contributed by atoms with Gasteiger partial charge in [0.1, 0.15) is 0 Å². The van der Waals surface area contributed by atoms with Crippen LogP contribution in [0.4, 0.5) is 0 Å². The van der Waals surface area contributed by atoms with Crippen LogP contribution in [0, 0.1) is 0 Å². The van der Waals surface area contributed by atoms with E-state index in [4.69, 9.17) is 0 Å². The molecule has 2 heteroatoms. The molecular formula is C29H26N2. The SMILES string of the molecule is CCCCCn1c2ccccc2c2ccc3c(c4ccccc4n3-c3ccccc3)c21. The number of hydrogen-bond acceptors (Lipinski definition) is 0. The molecule has 2 heterocycles. The lowest BCUT2D eigenvalue weighted by molar-refractivity contribution is 0.628. The standard InChI is InChI=1S/C29H26N2/c1-2-3-11-20-30-25-16-9-7-14-22(25)23-18-19-27-28(29(23)30)24-15-8-10-17-26(24)31(27)21-12-5-4-6-13-21/h4-10,12-19H,2-3,11,20H2,1H3. The summed E-state index contributed by atoms with van der Waals surface area (Å²) in [5.41, 5.74) is 6.47. The Morgan fingerprint density at radius 3 is 2.10 bits per heavy atom. The molecule has 0 radical (unpaired) electrons. The summed E-state index contributed by atoms with van der Waals surface area (Å²) in [6.07, 6.45) is 3.70. The molecule has 0 fully saturated rings. The average molecular weight is 403 g/mol. The molecule has 2 aromatic heterocycles. The van der Waals surface area contributed by atoms with E-state index in [0.717, 1.165) is 6.54 Å². The van der Waals surface area contributed by atoms with E-state index in [0.29, 0.717) is 0 Å². The van der Waals surface area contributed by atoms with E-state index in [1.165, 1.54) is 68.6 Å². The van der Waals surface area contributed by atoms with Gasteiger partial charge in [0.15, 0.2) is 0 Å². The third-order valence-corrected chi connectivity index (χ3v) is 6.57. The van der Waals surface area contributed by atoms with Gasteiger partial charge >= 0.3 is 0 Å². The first-order valence-corrected chi connectivity index (χ1v) is 11.4. The molecule has 31 heavy (non-hydrogen) atoms. The van der Waals surface area contributed by atoms with Crippen LogP contribution < -0.4 is 0 Å². The molecule has 0 amide bonds. The molecule has 0 aliphatic heterocycles. The van der Waals surface area contributed by atoms with Crippen LogP contribution in [-0.2, 0) is 6.54 Å². The van der Waals surface area contributed by atoms with Gasteiger partial charge in [-0.3, -0.25) is 0 Å². The van der Waals surface area contributed by atoms with E-state index in [1.807, 2.05) is 0 Å². The summed E-state index contributed by atoms with van der Waals surface area (Å²) in [7, 11) is 0. The Balaban J connectivity index is 1.80. The lowest BCUT2D eigenvalue weighted by atomic mass is 10.1. The highest BCUT2D eigenvalue weighted by molar-refractivity contribution is 6.25. The molecule has 6 aromatic rings. The Labute approximate surface area is 182 Å². The van der Waals surface area contributed by atoms with Gasteiger partial charge in [-0.05, 0) is 36.8 Å². The minimum atomic E-state index is 1.06. The molecular weight excluding hydrogens is 376 g/mol. The number of fused-ring (bicyclic) bond motifs is 7. The summed E-state index contributed by atoms with van der Waals surface area (Å²) in [4.78, 5) is 0. The van der Waals surface area contributed by atoms with Crippen molar-refractivity contribution in [2.24, 2.45) is 0 Å². The van der Waals surface area contributed by atoms with Crippen LogP contribution in [0.3, 0.4) is 0 Å². The average Bonchev–Trinajstić information content (AvgIpc) is 3.33. The fourth-order valence-corrected chi connectivity index (χ4v) is 5.20. The predicted octanol–water partition coefficient (Wildman–Crippen LogP) is 8.08. The molecule has 152 valence electrons. The van der Waals surface area contributed by atoms with E-state index < -0.39 is 0 Å². The van der Waals surface area contributed by atoms with Gasteiger partial charge in [-0.25, -0.2) is 0 Å². The number of aromatic nitrogens is 2. The molecule has 6 rings (SSSR count). The quantitative estimate of drug-likeness (QED) is 0.258. The van der Waals surface area contributed by atoms with Crippen LogP contribution in [0.25, 0.3) is 49.3 Å². The van der Waals surface area contributed by atoms with E-state index in [1.54, 1.807) is 0 Å². The Bertz CT molecular complexity index is 1530. The minimum absolute atomic E-state index is 1.06. The smallest absolute Gasteiger partial charge is 0.0593 e. The van der Waals surface area contributed by atoms with E-state index in [9.17, 15) is 0 Å². The first kappa shape index (κ1) is 18.3. The fourth-order valence-electron chi connectivity index (χ4n) is 5.20. The van der Waals surface area contributed by atoms with Crippen molar-refractivity contribution in [3.8, 4) is 5.69 Å². The zero-order valence-corrected chi connectivity index (χ0v) is 17.9. The highest BCUT2D eigenvalue weighted by Gasteiger charge is 2.19. The minimum Gasteiger partial charge on any atom is -0.340 e. The maximum absolute atomic E-state index is 2.57. The molecule has 0 aliphatic rings. The van der Waals surface area contributed by atoms with Crippen molar-refractivity contribution in [1.29, 1.82) is 0 Å². The van der Waals surface area contributed by atoms with Crippen molar-refractivity contribution in [2.75, 3.05) is 0 Å². The largest absolute Gasteiger partial charge is 0.340 e. The third-order valence-electron chi connectivity index (χ3n) is 6.57. The number of hydrogen-bond donors (Lipinski definition) is 0. The zero-order chi connectivity index (χ0) is 20.8. The molecule has 0 spiro atoms. The lowest BCUT2D eigenvalue weighted by Gasteiger charge is -2.09. The van der Waals surface area contributed by atoms with E-state index >= 15 is 0 Å². The molecule has 0 saturated carbocycles. The van der Waals surface area contributed by atoms with Gasteiger partial charge in [0, 0.05) is 39.3 Å². The Hall–Kier alpha value is -3.52. The first-order chi connectivity index (χ1) is 15.4. The maximum atomic E-state index is 2.57. The molecule has 0 unspecified atom stereocenters. The van der Waals surface area contributed by atoms with Crippen LogP contribution in [0.2, 0.25) is 0 Å². The Kier molecular flexibility index (Phi) is 4.31. The second-order valence-electron chi connectivity index (χ2n) is 8.42. The molecule has 0 saturated heterocycles. The molecule has 2 nitrogen and oxygen atoms in total. The summed E-state index contributed by atoms with van der Waals surface area (Å²) in [5.74, 6) is 0. The zero-order valence-electron chi connectivity index (χ0n) is 17.9. The highest BCUT2D eigenvalue weighted by Crippen LogP contribution is 2.40. The number of benzene rings is 4. The number of rotatable bonds is 5. The predicted molar refractivity (Wildman–Crippen MR) is 133 cm³/mol. The molecule has 0 aliphatic carbocycles. The van der Waals surface area contributed by atoms with Gasteiger partial charge in [-0.2, -0.15) is 0 Å². The van der Waals surface area contributed by atoms with Crippen LogP contribution in [0.5, 0.6) is 0 Å². The maximum Gasteiger partial charge on any atom is 0.0593 e. The topological polar surface area (TPSA) is 9.86 Å². The highest BCUT2D eigenvalue weighted by atomic mass is 15.0. The Morgan fingerprint density at radius 2 is 1.29 bits per heavy atom. The van der Waals surface area contributed by atoms with Gasteiger partial charge in [0.2, 0.25) is 0 Å². The van der Waals surface area contributed by atoms with Gasteiger partial charge in [0.05, 0.1) is 16.6 Å². The van der Waals surface area contributed by atoms with Crippen LogP contribution >= 0.6 is 0 Å². The summed E-state index contributed by atoms with van der Waals surface area (Å²) in [5, 5.41) is 5.40. The normalized spacial score (nSPS) is 11.9. The lowest BCUT2D eigenvalue weighted by Crippen LogP contribution is -1.98. The second-order valence-corrected chi connectivity index (χ2v) is 8.42. The summed E-state index contributed by atoms with van der Waals surface area (Å²) >= 11 is 0. The monoisotopic (exact) mass is 402 g/mol. The Morgan fingerprint density at radius 1 is 0.581 bits per heavy atom. The fraction of sp³-hybridized carbons (Fsp3) is 0.172. The number of para-hydroxylation sites is 3. The van der Waals surface area contributed by atoms with Crippen molar-refractivity contribution in [2.45, 2.75) is 32.7 Å². The van der Waals surface area contributed by atoms with Crippen LogP contribution in [0.15, 0.2) is 91.0 Å². The third kappa shape index (κ3) is 2.71. The van der Waals surface area contributed by atoms with Crippen molar-refractivity contribution < 1.29 is 0 Å². The number of aryl methyl sites for hydroxylation is 1. The second kappa shape index (κ2) is 7.31. The summed E-state index contributed by atoms with van der Waals surface area (Å²) in [6.45, 7) is 3.33. The molecule has 0 atom stereocenters.